The van der Waals surface area contributed by atoms with Gasteiger partial charge in [-0.3, -0.25) is 0 Å². The summed E-state index contributed by atoms with van der Waals surface area (Å²) in [6, 6.07) is 6.50. The maximum Gasteiger partial charge on any atom is 0.117 e. The molecule has 1 aromatic heterocycles. The molecule has 1 aliphatic carbocycles. The van der Waals surface area contributed by atoms with E-state index in [0.717, 1.165) is 34.7 Å². The average Bonchev–Trinajstić information content (AvgIpc) is 2.91. The molecule has 4 heteroatoms. The first kappa shape index (κ1) is 13.9. The topological polar surface area (TPSA) is 43.8 Å². The molecule has 2 atom stereocenters. The molecule has 3 rings (SSSR count). The molecule has 0 radical (unpaired) electrons. The van der Waals surface area contributed by atoms with Gasteiger partial charge in [0.15, 0.2) is 0 Å². The number of halogens is 1. The largest absolute Gasteiger partial charge is 0.327 e. The van der Waals surface area contributed by atoms with Crippen LogP contribution in [-0.2, 0) is 5.41 Å². The first-order chi connectivity index (χ1) is 9.43. The van der Waals surface area contributed by atoms with Gasteiger partial charge in [-0.25, -0.2) is 4.98 Å². The third-order valence-corrected chi connectivity index (χ3v) is 4.94. The monoisotopic (exact) mass is 291 g/mol. The molecule has 0 spiro atoms. The first-order valence-electron chi connectivity index (χ1n) is 7.37. The Balaban J connectivity index is 2.27. The van der Waals surface area contributed by atoms with Crippen molar-refractivity contribution in [2.75, 3.05) is 0 Å². The van der Waals surface area contributed by atoms with Crippen molar-refractivity contribution in [3.63, 3.8) is 0 Å². The van der Waals surface area contributed by atoms with E-state index in [2.05, 4.69) is 31.4 Å². The van der Waals surface area contributed by atoms with Crippen molar-refractivity contribution >= 4 is 22.6 Å². The molecule has 1 aliphatic rings. The summed E-state index contributed by atoms with van der Waals surface area (Å²) in [4.78, 5) is 4.90. The molecule has 1 heterocycles. The number of fused-ring (bicyclic) bond motifs is 1. The first-order valence-corrected chi connectivity index (χ1v) is 7.75. The fraction of sp³-hybridized carbons (Fsp3) is 0.562. The quantitative estimate of drug-likeness (QED) is 0.907. The van der Waals surface area contributed by atoms with Crippen molar-refractivity contribution in [3.8, 4) is 0 Å². The summed E-state index contributed by atoms with van der Waals surface area (Å²) in [6.45, 7) is 6.65. The van der Waals surface area contributed by atoms with Crippen LogP contribution in [0.5, 0.6) is 0 Å². The minimum Gasteiger partial charge on any atom is -0.327 e. The summed E-state index contributed by atoms with van der Waals surface area (Å²) in [5.41, 5.74) is 8.48. The van der Waals surface area contributed by atoms with E-state index >= 15 is 0 Å². The van der Waals surface area contributed by atoms with E-state index in [4.69, 9.17) is 22.3 Å². The number of nitrogens with two attached hydrogens (primary N) is 1. The van der Waals surface area contributed by atoms with Gasteiger partial charge >= 0.3 is 0 Å². The van der Waals surface area contributed by atoms with Crippen molar-refractivity contribution in [3.05, 3.63) is 29.0 Å². The van der Waals surface area contributed by atoms with Crippen LogP contribution in [0.25, 0.3) is 11.0 Å². The van der Waals surface area contributed by atoms with Gasteiger partial charge in [0.2, 0.25) is 0 Å². The Bertz CT molecular complexity index is 646. The minimum absolute atomic E-state index is 0.0320. The van der Waals surface area contributed by atoms with Gasteiger partial charge in [-0.05, 0) is 44.9 Å². The van der Waals surface area contributed by atoms with Gasteiger partial charge in [0, 0.05) is 22.5 Å². The summed E-state index contributed by atoms with van der Waals surface area (Å²) < 4.78 is 2.33. The lowest BCUT2D eigenvalue weighted by atomic mass is 9.84. The highest BCUT2D eigenvalue weighted by Crippen LogP contribution is 2.41. The van der Waals surface area contributed by atoms with Crippen LogP contribution in [0.15, 0.2) is 18.2 Å². The molecule has 1 fully saturated rings. The smallest absolute Gasteiger partial charge is 0.117 e. The van der Waals surface area contributed by atoms with Crippen LogP contribution in [0.3, 0.4) is 0 Å². The number of imidazole rings is 1. The van der Waals surface area contributed by atoms with Gasteiger partial charge in [0.1, 0.15) is 5.82 Å². The van der Waals surface area contributed by atoms with E-state index in [9.17, 15) is 0 Å². The third kappa shape index (κ3) is 1.95. The molecule has 0 aliphatic heterocycles. The van der Waals surface area contributed by atoms with E-state index in [1.165, 1.54) is 6.42 Å². The zero-order valence-electron chi connectivity index (χ0n) is 12.4. The van der Waals surface area contributed by atoms with E-state index < -0.39 is 0 Å². The molecule has 20 heavy (non-hydrogen) atoms. The van der Waals surface area contributed by atoms with Crippen LogP contribution in [0.2, 0.25) is 5.02 Å². The molecule has 0 amide bonds. The predicted molar refractivity (Wildman–Crippen MR) is 84.3 cm³/mol. The van der Waals surface area contributed by atoms with Crippen LogP contribution in [0, 0.1) is 0 Å². The summed E-state index contributed by atoms with van der Waals surface area (Å²) >= 11 is 6.11. The molecule has 2 N–H and O–H groups in total. The standard InChI is InChI=1S/C16H22ClN3/c1-10(2)20-13-7-6-11(17)9-12(13)19-15(20)16(3)8-4-5-14(16)18/h6-7,9-10,14H,4-5,8,18H2,1-3H3. The molecule has 108 valence electrons. The molecule has 0 bridgehead atoms. The molecule has 3 nitrogen and oxygen atoms in total. The summed E-state index contributed by atoms with van der Waals surface area (Å²) in [6.07, 6.45) is 3.37. The average molecular weight is 292 g/mol. The van der Waals surface area contributed by atoms with Crippen LogP contribution in [-0.4, -0.2) is 15.6 Å². The Morgan fingerprint density at radius 3 is 2.80 bits per heavy atom. The van der Waals surface area contributed by atoms with Gasteiger partial charge < -0.3 is 10.3 Å². The summed E-state index contributed by atoms with van der Waals surface area (Å²) in [5, 5.41) is 0.735. The number of aromatic nitrogens is 2. The summed E-state index contributed by atoms with van der Waals surface area (Å²) in [5.74, 6) is 1.12. The van der Waals surface area contributed by atoms with Crippen molar-refractivity contribution < 1.29 is 0 Å². The lowest BCUT2D eigenvalue weighted by Crippen LogP contribution is -2.40. The van der Waals surface area contributed by atoms with Crippen molar-refractivity contribution in [1.29, 1.82) is 0 Å². The molecule has 1 aromatic carbocycles. The lowest BCUT2D eigenvalue weighted by Gasteiger charge is -2.30. The van der Waals surface area contributed by atoms with Gasteiger partial charge in [0.25, 0.3) is 0 Å². The number of hydrogen-bond acceptors (Lipinski definition) is 2. The number of benzene rings is 1. The Hall–Kier alpha value is -1.06. The fourth-order valence-electron chi connectivity index (χ4n) is 3.47. The van der Waals surface area contributed by atoms with E-state index in [-0.39, 0.29) is 11.5 Å². The molecule has 2 unspecified atom stereocenters. The van der Waals surface area contributed by atoms with Crippen molar-refractivity contribution in [2.45, 2.75) is 57.5 Å². The zero-order chi connectivity index (χ0) is 14.5. The Morgan fingerprint density at radius 1 is 1.45 bits per heavy atom. The molecular weight excluding hydrogens is 270 g/mol. The normalized spacial score (nSPS) is 26.8. The van der Waals surface area contributed by atoms with Gasteiger partial charge in [-0.1, -0.05) is 24.9 Å². The van der Waals surface area contributed by atoms with Crippen LogP contribution in [0.4, 0.5) is 0 Å². The van der Waals surface area contributed by atoms with Crippen molar-refractivity contribution in [1.82, 2.24) is 9.55 Å². The number of hydrogen-bond donors (Lipinski definition) is 1. The molecule has 2 aromatic rings. The molecule has 0 saturated heterocycles. The van der Waals surface area contributed by atoms with Gasteiger partial charge in [-0.2, -0.15) is 0 Å². The van der Waals surface area contributed by atoms with Gasteiger partial charge in [-0.15, -0.1) is 0 Å². The highest BCUT2D eigenvalue weighted by molar-refractivity contribution is 6.31. The van der Waals surface area contributed by atoms with E-state index in [0.29, 0.717) is 6.04 Å². The SMILES string of the molecule is CC(C)n1c(C2(C)CCCC2N)nc2cc(Cl)ccc21. The number of rotatable bonds is 2. The zero-order valence-corrected chi connectivity index (χ0v) is 13.1. The Labute approximate surface area is 125 Å². The molecular formula is C16H22ClN3. The van der Waals surface area contributed by atoms with Crippen LogP contribution in [0.1, 0.15) is 51.9 Å². The maximum absolute atomic E-state index is 6.39. The third-order valence-electron chi connectivity index (χ3n) is 4.71. The maximum atomic E-state index is 6.39. The van der Waals surface area contributed by atoms with E-state index in [1.807, 2.05) is 12.1 Å². The predicted octanol–water partition coefficient (Wildman–Crippen LogP) is 4.04. The number of nitrogens with zero attached hydrogens (tertiary/aromatic N) is 2. The minimum atomic E-state index is -0.0320. The van der Waals surface area contributed by atoms with Crippen LogP contribution >= 0.6 is 11.6 Å². The van der Waals surface area contributed by atoms with E-state index in [1.54, 1.807) is 0 Å². The van der Waals surface area contributed by atoms with Crippen LogP contribution < -0.4 is 5.73 Å². The summed E-state index contributed by atoms with van der Waals surface area (Å²) in [7, 11) is 0. The highest BCUT2D eigenvalue weighted by atomic mass is 35.5. The Morgan fingerprint density at radius 2 is 2.20 bits per heavy atom. The fourth-order valence-corrected chi connectivity index (χ4v) is 3.63. The highest BCUT2D eigenvalue weighted by Gasteiger charge is 2.42. The second-order valence-electron chi connectivity index (χ2n) is 6.45. The Kier molecular flexibility index (Phi) is 3.30. The van der Waals surface area contributed by atoms with Crippen molar-refractivity contribution in [2.24, 2.45) is 5.73 Å². The van der Waals surface area contributed by atoms with Gasteiger partial charge in [0.05, 0.1) is 11.0 Å². The lowest BCUT2D eigenvalue weighted by molar-refractivity contribution is 0.378. The molecule has 1 saturated carbocycles. The second-order valence-corrected chi connectivity index (χ2v) is 6.88. The second kappa shape index (κ2) is 4.74.